The topological polar surface area (TPSA) is 73.6 Å². The summed E-state index contributed by atoms with van der Waals surface area (Å²) in [5.41, 5.74) is 7.32. The van der Waals surface area contributed by atoms with Gasteiger partial charge in [-0.15, -0.1) is 0 Å². The number of amides is 1. The van der Waals surface area contributed by atoms with Crippen LogP contribution in [0.5, 0.6) is 11.5 Å². The van der Waals surface area contributed by atoms with E-state index in [0.717, 1.165) is 5.56 Å². The van der Waals surface area contributed by atoms with Crippen LogP contribution in [0.1, 0.15) is 17.2 Å². The first-order chi connectivity index (χ1) is 8.06. The van der Waals surface area contributed by atoms with E-state index in [0.29, 0.717) is 17.1 Å². The van der Waals surface area contributed by atoms with Gasteiger partial charge in [-0.3, -0.25) is 4.79 Å². The Hall–Kier alpha value is -1.75. The summed E-state index contributed by atoms with van der Waals surface area (Å²) in [6.45, 7) is 1.86. The van der Waals surface area contributed by atoms with E-state index in [1.165, 1.54) is 0 Å². The first kappa shape index (κ1) is 13.3. The molecule has 0 aliphatic rings. The van der Waals surface area contributed by atoms with Crippen LogP contribution in [-0.4, -0.2) is 27.2 Å². The zero-order valence-corrected chi connectivity index (χ0v) is 10.5. The summed E-state index contributed by atoms with van der Waals surface area (Å²) in [6.07, 6.45) is 0. The van der Waals surface area contributed by atoms with Crippen LogP contribution in [0.25, 0.3) is 0 Å². The Morgan fingerprint density at radius 2 is 2.00 bits per heavy atom. The van der Waals surface area contributed by atoms with Gasteiger partial charge in [-0.05, 0) is 19.1 Å². The quantitative estimate of drug-likeness (QED) is 0.812. The number of carbonyl (C=O) groups excluding carboxylic acids is 1. The van der Waals surface area contributed by atoms with Crippen LogP contribution in [0, 0.1) is 6.92 Å². The second-order valence-electron chi connectivity index (χ2n) is 3.61. The van der Waals surface area contributed by atoms with Gasteiger partial charge in [0.1, 0.15) is 17.5 Å². The molecule has 5 nitrogen and oxygen atoms in total. The van der Waals surface area contributed by atoms with E-state index in [2.05, 4.69) is 5.32 Å². The van der Waals surface area contributed by atoms with Gasteiger partial charge in [0.15, 0.2) is 0 Å². The Morgan fingerprint density at radius 1 is 1.35 bits per heavy atom. The van der Waals surface area contributed by atoms with Gasteiger partial charge in [0.2, 0.25) is 5.91 Å². The molecule has 0 aliphatic carbocycles. The van der Waals surface area contributed by atoms with Gasteiger partial charge >= 0.3 is 0 Å². The minimum absolute atomic E-state index is 0.257. The third-order valence-corrected chi connectivity index (χ3v) is 2.67. The first-order valence-corrected chi connectivity index (χ1v) is 5.25. The molecule has 0 aromatic heterocycles. The lowest BCUT2D eigenvalue weighted by molar-refractivity contribution is -0.122. The summed E-state index contributed by atoms with van der Waals surface area (Å²) in [4.78, 5) is 11.5. The minimum atomic E-state index is -0.750. The van der Waals surface area contributed by atoms with Crippen molar-refractivity contribution in [2.75, 3.05) is 21.3 Å². The molecule has 1 aromatic carbocycles. The van der Waals surface area contributed by atoms with Crippen LogP contribution >= 0.6 is 0 Å². The Labute approximate surface area is 101 Å². The summed E-state index contributed by atoms with van der Waals surface area (Å²) in [6, 6.07) is 2.76. The first-order valence-electron chi connectivity index (χ1n) is 5.25. The monoisotopic (exact) mass is 238 g/mol. The van der Waals surface area contributed by atoms with Gasteiger partial charge in [-0.2, -0.15) is 0 Å². The molecule has 0 heterocycles. The fourth-order valence-electron chi connectivity index (χ4n) is 1.73. The van der Waals surface area contributed by atoms with E-state index in [-0.39, 0.29) is 5.91 Å². The van der Waals surface area contributed by atoms with E-state index in [4.69, 9.17) is 15.2 Å². The highest BCUT2D eigenvalue weighted by atomic mass is 16.5. The van der Waals surface area contributed by atoms with Gasteiger partial charge in [0.05, 0.1) is 14.2 Å². The van der Waals surface area contributed by atoms with E-state index >= 15 is 0 Å². The van der Waals surface area contributed by atoms with Crippen molar-refractivity contribution in [3.05, 3.63) is 23.3 Å². The highest BCUT2D eigenvalue weighted by Crippen LogP contribution is 2.33. The molecule has 3 N–H and O–H groups in total. The largest absolute Gasteiger partial charge is 0.496 e. The van der Waals surface area contributed by atoms with Crippen LogP contribution in [0.15, 0.2) is 12.1 Å². The molecule has 0 saturated carbocycles. The lowest BCUT2D eigenvalue weighted by Gasteiger charge is -2.18. The summed E-state index contributed by atoms with van der Waals surface area (Å²) < 4.78 is 10.5. The van der Waals surface area contributed by atoms with Crippen LogP contribution in [-0.2, 0) is 4.79 Å². The van der Waals surface area contributed by atoms with Crippen LogP contribution < -0.4 is 20.5 Å². The van der Waals surface area contributed by atoms with Crippen LogP contribution in [0.2, 0.25) is 0 Å². The molecular formula is C12H18N2O3. The second kappa shape index (κ2) is 5.54. The molecule has 0 fully saturated rings. The highest BCUT2D eigenvalue weighted by Gasteiger charge is 2.21. The Morgan fingerprint density at radius 3 is 2.47 bits per heavy atom. The molecule has 17 heavy (non-hydrogen) atoms. The number of likely N-dealkylation sites (N-methyl/N-ethyl adjacent to an activating group) is 1. The van der Waals surface area contributed by atoms with Crippen molar-refractivity contribution in [3.8, 4) is 11.5 Å². The summed E-state index contributed by atoms with van der Waals surface area (Å²) in [5, 5.41) is 2.51. The van der Waals surface area contributed by atoms with E-state index in [9.17, 15) is 4.79 Å². The standard InChI is InChI=1S/C12H18N2O3/c1-7-9(16-3)6-5-8(11(7)17-4)10(13)12(15)14-2/h5-6,10H,13H2,1-4H3,(H,14,15). The van der Waals surface area contributed by atoms with Crippen molar-refractivity contribution in [1.29, 1.82) is 0 Å². The molecule has 0 saturated heterocycles. The van der Waals surface area contributed by atoms with Gasteiger partial charge in [0.25, 0.3) is 0 Å². The second-order valence-corrected chi connectivity index (χ2v) is 3.61. The Bertz CT molecular complexity index is 418. The smallest absolute Gasteiger partial charge is 0.241 e. The van der Waals surface area contributed by atoms with Crippen LogP contribution in [0.4, 0.5) is 0 Å². The summed E-state index contributed by atoms with van der Waals surface area (Å²) in [7, 11) is 4.67. The van der Waals surface area contributed by atoms with Gasteiger partial charge < -0.3 is 20.5 Å². The maximum absolute atomic E-state index is 11.5. The van der Waals surface area contributed by atoms with Crippen LogP contribution in [0.3, 0.4) is 0 Å². The molecule has 1 rings (SSSR count). The Kier molecular flexibility index (Phi) is 4.34. The molecule has 0 aliphatic heterocycles. The fraction of sp³-hybridized carbons (Fsp3) is 0.417. The molecule has 0 radical (unpaired) electrons. The number of nitrogens with one attached hydrogen (secondary N) is 1. The fourth-order valence-corrected chi connectivity index (χ4v) is 1.73. The predicted molar refractivity (Wildman–Crippen MR) is 65.3 cm³/mol. The SMILES string of the molecule is CNC(=O)C(N)c1ccc(OC)c(C)c1OC. The normalized spacial score (nSPS) is 11.8. The molecule has 0 bridgehead atoms. The molecule has 94 valence electrons. The Balaban J connectivity index is 3.25. The average molecular weight is 238 g/mol. The van der Waals surface area contributed by atoms with E-state index in [1.54, 1.807) is 33.4 Å². The number of carbonyl (C=O) groups is 1. The van der Waals surface area contributed by atoms with Crippen molar-refractivity contribution in [3.63, 3.8) is 0 Å². The highest BCUT2D eigenvalue weighted by molar-refractivity contribution is 5.83. The molecule has 0 spiro atoms. The third kappa shape index (κ3) is 2.50. The van der Waals surface area contributed by atoms with E-state index in [1.807, 2.05) is 6.92 Å². The lowest BCUT2D eigenvalue weighted by atomic mass is 10.0. The number of methoxy groups -OCH3 is 2. The lowest BCUT2D eigenvalue weighted by Crippen LogP contribution is -2.31. The van der Waals surface area contributed by atoms with Gasteiger partial charge in [0, 0.05) is 18.2 Å². The van der Waals surface area contributed by atoms with Crippen molar-refractivity contribution >= 4 is 5.91 Å². The van der Waals surface area contributed by atoms with Gasteiger partial charge in [-0.25, -0.2) is 0 Å². The maximum Gasteiger partial charge on any atom is 0.241 e. The minimum Gasteiger partial charge on any atom is -0.496 e. The molecule has 5 heteroatoms. The van der Waals surface area contributed by atoms with Gasteiger partial charge in [-0.1, -0.05) is 0 Å². The average Bonchev–Trinajstić information content (AvgIpc) is 2.36. The summed E-state index contributed by atoms with van der Waals surface area (Å²) >= 11 is 0. The predicted octanol–water partition coefficient (Wildman–Crippen LogP) is 0.758. The molecule has 1 unspecified atom stereocenters. The van der Waals surface area contributed by atoms with Crippen molar-refractivity contribution in [2.45, 2.75) is 13.0 Å². The third-order valence-electron chi connectivity index (χ3n) is 2.67. The number of nitrogens with two attached hydrogens (primary N) is 1. The van der Waals surface area contributed by atoms with E-state index < -0.39 is 6.04 Å². The number of hydrogen-bond acceptors (Lipinski definition) is 4. The molecule has 1 aromatic rings. The number of rotatable bonds is 4. The number of benzene rings is 1. The van der Waals surface area contributed by atoms with Crippen molar-refractivity contribution in [2.24, 2.45) is 5.73 Å². The zero-order chi connectivity index (χ0) is 13.0. The summed E-state index contributed by atoms with van der Waals surface area (Å²) in [5.74, 6) is 1.03. The van der Waals surface area contributed by atoms with Crippen molar-refractivity contribution in [1.82, 2.24) is 5.32 Å². The van der Waals surface area contributed by atoms with Crippen molar-refractivity contribution < 1.29 is 14.3 Å². The number of hydrogen-bond donors (Lipinski definition) is 2. The molecule has 1 amide bonds. The maximum atomic E-state index is 11.5. The zero-order valence-electron chi connectivity index (χ0n) is 10.5. The molecular weight excluding hydrogens is 220 g/mol. The number of ether oxygens (including phenoxy) is 2. The molecule has 1 atom stereocenters.